The fourth-order valence-electron chi connectivity index (χ4n) is 2.82. The number of rotatable bonds is 3. The molecule has 0 spiro atoms. The van der Waals surface area contributed by atoms with Crippen LogP contribution in [0.5, 0.6) is 0 Å². The van der Waals surface area contributed by atoms with Crippen molar-refractivity contribution in [2.75, 3.05) is 7.11 Å². The summed E-state index contributed by atoms with van der Waals surface area (Å²) in [6.45, 7) is 4.24. The molecule has 0 atom stereocenters. The van der Waals surface area contributed by atoms with Crippen molar-refractivity contribution in [2.45, 2.75) is 45.1 Å². The van der Waals surface area contributed by atoms with Crippen LogP contribution in [-0.4, -0.2) is 18.5 Å². The zero-order valence-corrected chi connectivity index (χ0v) is 14.0. The summed E-state index contributed by atoms with van der Waals surface area (Å²) < 4.78 is 33.6. The zero-order chi connectivity index (χ0) is 15.8. The van der Waals surface area contributed by atoms with E-state index in [0.29, 0.717) is 12.8 Å². The van der Waals surface area contributed by atoms with E-state index in [0.717, 1.165) is 18.9 Å². The first kappa shape index (κ1) is 16.6. The highest BCUT2D eigenvalue weighted by Gasteiger charge is 2.46. The average molecular weight is 361 g/mol. The van der Waals surface area contributed by atoms with Gasteiger partial charge in [0.15, 0.2) is 5.82 Å². The Labute approximate surface area is 132 Å². The predicted octanol–water partition coefficient (Wildman–Crippen LogP) is 4.90. The molecule has 0 amide bonds. The minimum atomic E-state index is -1.13. The highest BCUT2D eigenvalue weighted by molar-refractivity contribution is 9.10. The Balaban J connectivity index is 2.41. The number of carbonyl (C=O) groups excluding carboxylic acids is 1. The van der Waals surface area contributed by atoms with Gasteiger partial charge in [0.1, 0.15) is 11.4 Å². The predicted molar refractivity (Wildman–Crippen MR) is 80.4 cm³/mol. The molecule has 0 radical (unpaired) electrons. The summed E-state index contributed by atoms with van der Waals surface area (Å²) in [6, 6.07) is 2.35. The van der Waals surface area contributed by atoms with E-state index in [1.54, 1.807) is 0 Å². The molecular weight excluding hydrogens is 342 g/mol. The second-order valence-electron chi connectivity index (χ2n) is 6.41. The largest absolute Gasteiger partial charge is 0.370 e. The molecular formula is C16H19BrF2O2. The minimum Gasteiger partial charge on any atom is -0.370 e. The fraction of sp³-hybridized carbons (Fsp3) is 0.562. The first-order valence-corrected chi connectivity index (χ1v) is 7.75. The van der Waals surface area contributed by atoms with E-state index in [4.69, 9.17) is 4.74 Å². The molecule has 1 aromatic rings. The van der Waals surface area contributed by atoms with Crippen molar-refractivity contribution < 1.29 is 18.3 Å². The monoisotopic (exact) mass is 360 g/mol. The highest BCUT2D eigenvalue weighted by Crippen LogP contribution is 2.43. The molecule has 0 aliphatic heterocycles. The minimum absolute atomic E-state index is 0.0784. The lowest BCUT2D eigenvalue weighted by atomic mass is 9.68. The van der Waals surface area contributed by atoms with Gasteiger partial charge in [-0.15, -0.1) is 0 Å². The van der Waals surface area contributed by atoms with Crippen LogP contribution in [-0.2, 0) is 4.74 Å². The lowest BCUT2D eigenvalue weighted by molar-refractivity contribution is -0.0387. The van der Waals surface area contributed by atoms with Gasteiger partial charge in [-0.1, -0.05) is 13.8 Å². The number of benzene rings is 1. The van der Waals surface area contributed by atoms with Crippen LogP contribution in [0.15, 0.2) is 16.6 Å². The van der Waals surface area contributed by atoms with Crippen molar-refractivity contribution in [2.24, 2.45) is 5.41 Å². The highest BCUT2D eigenvalue weighted by atomic mass is 79.9. The molecule has 0 unspecified atom stereocenters. The first-order chi connectivity index (χ1) is 9.72. The molecule has 0 bridgehead atoms. The van der Waals surface area contributed by atoms with Gasteiger partial charge in [-0.2, -0.15) is 0 Å². The van der Waals surface area contributed by atoms with Gasteiger partial charge < -0.3 is 4.74 Å². The molecule has 0 saturated heterocycles. The standard InChI is InChI=1S/C16H19BrF2O2/c1-15(2)6-8-16(21-3,9-7-15)14(20)12-11(18)5-4-10(17)13(12)19/h4-5H,6-9H2,1-3H3. The molecule has 1 aromatic carbocycles. The summed E-state index contributed by atoms with van der Waals surface area (Å²) in [6.07, 6.45) is 2.51. The van der Waals surface area contributed by atoms with E-state index in [1.807, 2.05) is 0 Å². The molecule has 2 nitrogen and oxygen atoms in total. The van der Waals surface area contributed by atoms with Crippen LogP contribution < -0.4 is 0 Å². The smallest absolute Gasteiger partial charge is 0.200 e. The lowest BCUT2D eigenvalue weighted by Crippen LogP contribution is -2.46. The Bertz CT molecular complexity index is 560. The van der Waals surface area contributed by atoms with Gasteiger partial charge in [0.2, 0.25) is 5.78 Å². The Morgan fingerprint density at radius 1 is 1.19 bits per heavy atom. The second-order valence-corrected chi connectivity index (χ2v) is 7.26. The van der Waals surface area contributed by atoms with Crippen molar-refractivity contribution in [1.82, 2.24) is 0 Å². The maximum absolute atomic E-state index is 14.2. The summed E-state index contributed by atoms with van der Waals surface area (Å²) in [4.78, 5) is 12.7. The molecule has 1 fully saturated rings. The Kier molecular flexibility index (Phi) is 4.54. The molecule has 1 aliphatic rings. The first-order valence-electron chi connectivity index (χ1n) is 6.96. The molecule has 1 saturated carbocycles. The number of ether oxygens (including phenoxy) is 1. The van der Waals surface area contributed by atoms with Gasteiger partial charge in [0, 0.05) is 7.11 Å². The van der Waals surface area contributed by atoms with Crippen LogP contribution in [0.2, 0.25) is 0 Å². The zero-order valence-electron chi connectivity index (χ0n) is 12.4. The van der Waals surface area contributed by atoms with E-state index in [2.05, 4.69) is 29.8 Å². The van der Waals surface area contributed by atoms with Crippen molar-refractivity contribution in [3.63, 3.8) is 0 Å². The number of carbonyl (C=O) groups is 1. The van der Waals surface area contributed by atoms with E-state index in [-0.39, 0.29) is 9.89 Å². The fourth-order valence-corrected chi connectivity index (χ4v) is 3.15. The summed E-state index contributed by atoms with van der Waals surface area (Å²) in [7, 11) is 1.43. The topological polar surface area (TPSA) is 26.3 Å². The van der Waals surface area contributed by atoms with Crippen LogP contribution >= 0.6 is 15.9 Å². The number of halogens is 3. The Hall–Kier alpha value is -0.810. The quantitative estimate of drug-likeness (QED) is 0.566. The van der Waals surface area contributed by atoms with E-state index >= 15 is 0 Å². The number of Topliss-reactive ketones (excluding diaryl/α,β-unsaturated/α-hetero) is 1. The van der Waals surface area contributed by atoms with E-state index < -0.39 is 28.6 Å². The molecule has 21 heavy (non-hydrogen) atoms. The average Bonchev–Trinajstić information content (AvgIpc) is 2.44. The summed E-state index contributed by atoms with van der Waals surface area (Å²) in [5, 5.41) is 0. The molecule has 2 rings (SSSR count). The van der Waals surface area contributed by atoms with Gasteiger partial charge in [0.05, 0.1) is 10.0 Å². The molecule has 0 aromatic heterocycles. The molecule has 1 aliphatic carbocycles. The number of ketones is 1. The van der Waals surface area contributed by atoms with Crippen molar-refractivity contribution in [3.05, 3.63) is 33.8 Å². The van der Waals surface area contributed by atoms with Gasteiger partial charge >= 0.3 is 0 Å². The van der Waals surface area contributed by atoms with Crippen LogP contribution in [0.3, 0.4) is 0 Å². The Morgan fingerprint density at radius 3 is 2.29 bits per heavy atom. The lowest BCUT2D eigenvalue weighted by Gasteiger charge is -2.41. The van der Waals surface area contributed by atoms with Crippen LogP contribution in [0, 0.1) is 17.0 Å². The van der Waals surface area contributed by atoms with Crippen LogP contribution in [0.4, 0.5) is 8.78 Å². The maximum atomic E-state index is 14.2. The van der Waals surface area contributed by atoms with Crippen molar-refractivity contribution in [1.29, 1.82) is 0 Å². The maximum Gasteiger partial charge on any atom is 0.200 e. The summed E-state index contributed by atoms with van der Waals surface area (Å²) in [5.41, 5.74) is -1.51. The van der Waals surface area contributed by atoms with Gasteiger partial charge in [-0.05, 0) is 59.2 Å². The van der Waals surface area contributed by atoms with E-state index in [1.165, 1.54) is 13.2 Å². The third-order valence-corrected chi connectivity index (χ3v) is 5.10. The van der Waals surface area contributed by atoms with Crippen molar-refractivity contribution in [3.8, 4) is 0 Å². The van der Waals surface area contributed by atoms with Gasteiger partial charge in [-0.3, -0.25) is 4.79 Å². The van der Waals surface area contributed by atoms with Crippen LogP contribution in [0.1, 0.15) is 49.9 Å². The van der Waals surface area contributed by atoms with Gasteiger partial charge in [-0.25, -0.2) is 8.78 Å². The summed E-state index contributed by atoms with van der Waals surface area (Å²) >= 11 is 3.00. The normalized spacial score (nSPS) is 20.3. The molecule has 0 heterocycles. The molecule has 5 heteroatoms. The third kappa shape index (κ3) is 3.04. The van der Waals surface area contributed by atoms with E-state index in [9.17, 15) is 13.6 Å². The summed E-state index contributed by atoms with van der Waals surface area (Å²) in [5.74, 6) is -2.31. The van der Waals surface area contributed by atoms with Crippen molar-refractivity contribution >= 4 is 21.7 Å². The number of hydrogen-bond donors (Lipinski definition) is 0. The van der Waals surface area contributed by atoms with Crippen LogP contribution in [0.25, 0.3) is 0 Å². The van der Waals surface area contributed by atoms with Gasteiger partial charge in [0.25, 0.3) is 0 Å². The third-order valence-electron chi connectivity index (χ3n) is 4.49. The number of methoxy groups -OCH3 is 1. The SMILES string of the molecule is COC1(C(=O)c2c(F)ccc(Br)c2F)CCC(C)(C)CC1. The second kappa shape index (κ2) is 5.76. The molecule has 116 valence electrons. The Morgan fingerprint density at radius 2 is 1.76 bits per heavy atom. The molecule has 0 N–H and O–H groups in total. The number of hydrogen-bond acceptors (Lipinski definition) is 2.